The summed E-state index contributed by atoms with van der Waals surface area (Å²) in [5, 5.41) is 0. The van der Waals surface area contributed by atoms with Crippen molar-refractivity contribution in [2.75, 3.05) is 0 Å². The van der Waals surface area contributed by atoms with Crippen molar-refractivity contribution in [2.45, 2.75) is 13.3 Å². The van der Waals surface area contributed by atoms with Crippen molar-refractivity contribution in [3.8, 4) is 0 Å². The molecule has 0 aliphatic rings. The van der Waals surface area contributed by atoms with E-state index in [4.69, 9.17) is 0 Å². The minimum absolute atomic E-state index is 1.09. The van der Waals surface area contributed by atoms with Gasteiger partial charge in [-0.2, -0.15) is 0 Å². The fourth-order valence-corrected chi connectivity index (χ4v) is 0.599. The van der Waals surface area contributed by atoms with E-state index in [0.717, 1.165) is 6.42 Å². The summed E-state index contributed by atoms with van der Waals surface area (Å²) >= 11 is 0. The van der Waals surface area contributed by atoms with Crippen LogP contribution in [0.1, 0.15) is 12.5 Å². The molecule has 0 atom stereocenters. The molecule has 0 heteroatoms. The van der Waals surface area contributed by atoms with Gasteiger partial charge >= 0.3 is 0 Å². The molecule has 0 nitrogen and oxygen atoms in total. The van der Waals surface area contributed by atoms with Crippen molar-refractivity contribution >= 4 is 0 Å². The first-order valence-corrected chi connectivity index (χ1v) is 2.80. The van der Waals surface area contributed by atoms with Gasteiger partial charge < -0.3 is 0 Å². The molecule has 0 aliphatic heterocycles. The second kappa shape index (κ2) is 2.51. The third-order valence-electron chi connectivity index (χ3n) is 1.13. The summed E-state index contributed by atoms with van der Waals surface area (Å²) in [6.07, 6.45) is 1.09. The summed E-state index contributed by atoms with van der Waals surface area (Å²) in [6, 6.07) is 11.6. The van der Waals surface area contributed by atoms with Crippen LogP contribution in [-0.2, 0) is 6.42 Å². The van der Waals surface area contributed by atoms with Crippen LogP contribution in [0.15, 0.2) is 18.2 Å². The molecule has 8 heavy (non-hydrogen) atoms. The smallest absolute Gasteiger partial charge is 0.00961 e. The fourth-order valence-electron chi connectivity index (χ4n) is 0.599. The van der Waals surface area contributed by atoms with Gasteiger partial charge in [0, 0.05) is 0 Å². The average molecular weight is 104 g/mol. The van der Waals surface area contributed by atoms with E-state index in [1.54, 1.807) is 0 Å². The van der Waals surface area contributed by atoms with Gasteiger partial charge in [-0.05, 0) is 24.1 Å². The van der Waals surface area contributed by atoms with Crippen LogP contribution in [0.5, 0.6) is 0 Å². The maximum Gasteiger partial charge on any atom is -0.00961 e. The first kappa shape index (κ1) is 5.36. The average Bonchev–Trinajstić information content (AvgIpc) is 1.90. The molecular formula is C8H8. The predicted octanol–water partition coefficient (Wildman–Crippen LogP) is 1.85. The highest BCUT2D eigenvalue weighted by molar-refractivity contribution is 5.11. The zero-order chi connectivity index (χ0) is 5.82. The molecule has 2 radical (unpaired) electrons. The third-order valence-corrected chi connectivity index (χ3v) is 1.13. The molecule has 0 N–H and O–H groups in total. The highest BCUT2D eigenvalue weighted by atomic mass is 13.9. The van der Waals surface area contributed by atoms with Crippen LogP contribution in [0.2, 0.25) is 0 Å². The molecule has 0 aromatic heterocycles. The molecule has 0 amide bonds. The van der Waals surface area contributed by atoms with E-state index in [0.29, 0.717) is 0 Å². The van der Waals surface area contributed by atoms with Gasteiger partial charge in [-0.1, -0.05) is 25.1 Å². The Morgan fingerprint density at radius 2 is 2.38 bits per heavy atom. The lowest BCUT2D eigenvalue weighted by Crippen LogP contribution is -1.74. The monoisotopic (exact) mass is 104 g/mol. The summed E-state index contributed by atoms with van der Waals surface area (Å²) in [6.45, 7) is 2.13. The molecule has 0 unspecified atom stereocenters. The number of hydrogen-bond donors (Lipinski definition) is 0. The SMILES string of the molecule is CCc1c[c][c]cc1. The first-order chi connectivity index (χ1) is 3.93. The van der Waals surface area contributed by atoms with Crippen molar-refractivity contribution in [1.82, 2.24) is 0 Å². The van der Waals surface area contributed by atoms with Crippen molar-refractivity contribution < 1.29 is 0 Å². The van der Waals surface area contributed by atoms with Crippen LogP contribution in [0, 0.1) is 12.1 Å². The third kappa shape index (κ3) is 1.09. The molecule has 0 saturated carbocycles. The Kier molecular flexibility index (Phi) is 1.68. The standard InChI is InChI=1S/C8H8/c1-2-8-6-4-3-5-7-8/h4,6-7H,2H2,1H3. The maximum absolute atomic E-state index is 2.89. The Hall–Kier alpha value is -0.780. The van der Waals surface area contributed by atoms with E-state index in [1.165, 1.54) is 5.56 Å². The van der Waals surface area contributed by atoms with Crippen molar-refractivity contribution in [3.63, 3.8) is 0 Å². The zero-order valence-corrected chi connectivity index (χ0v) is 4.94. The second-order valence-electron chi connectivity index (χ2n) is 1.69. The Balaban J connectivity index is 2.83. The van der Waals surface area contributed by atoms with Gasteiger partial charge in [0.2, 0.25) is 0 Å². The number of aryl methyl sites for hydroxylation is 1. The molecule has 1 rings (SSSR count). The minimum Gasteiger partial charge on any atom is -0.0613 e. The molecule has 0 bridgehead atoms. The lowest BCUT2D eigenvalue weighted by molar-refractivity contribution is 1.14. The topological polar surface area (TPSA) is 0 Å². The molecule has 0 heterocycles. The molecule has 0 fully saturated rings. The molecular weight excluding hydrogens is 96.1 g/mol. The van der Waals surface area contributed by atoms with Gasteiger partial charge in [0.1, 0.15) is 0 Å². The number of benzene rings is 1. The van der Waals surface area contributed by atoms with Gasteiger partial charge in [-0.25, -0.2) is 0 Å². The van der Waals surface area contributed by atoms with Crippen LogP contribution in [0.3, 0.4) is 0 Å². The minimum atomic E-state index is 1.09. The Labute approximate surface area is 50.2 Å². The van der Waals surface area contributed by atoms with E-state index in [2.05, 4.69) is 25.1 Å². The highest BCUT2D eigenvalue weighted by Crippen LogP contribution is 1.95. The van der Waals surface area contributed by atoms with Gasteiger partial charge in [0.05, 0.1) is 0 Å². The van der Waals surface area contributed by atoms with Crippen LogP contribution >= 0.6 is 0 Å². The summed E-state index contributed by atoms with van der Waals surface area (Å²) < 4.78 is 0. The molecule has 1 aromatic rings. The lowest BCUT2D eigenvalue weighted by Gasteiger charge is -1.88. The number of rotatable bonds is 1. The van der Waals surface area contributed by atoms with Crippen LogP contribution in [-0.4, -0.2) is 0 Å². The van der Waals surface area contributed by atoms with E-state index in [-0.39, 0.29) is 0 Å². The highest BCUT2D eigenvalue weighted by Gasteiger charge is 1.80. The summed E-state index contributed by atoms with van der Waals surface area (Å²) in [4.78, 5) is 0. The summed E-state index contributed by atoms with van der Waals surface area (Å²) in [5.74, 6) is 0. The quantitative estimate of drug-likeness (QED) is 0.510. The molecule has 0 spiro atoms. The molecule has 40 valence electrons. The van der Waals surface area contributed by atoms with Gasteiger partial charge in [0.15, 0.2) is 0 Å². The normalized spacial score (nSPS) is 9.12. The van der Waals surface area contributed by atoms with Crippen LogP contribution in [0.25, 0.3) is 0 Å². The van der Waals surface area contributed by atoms with Gasteiger partial charge in [-0.15, -0.1) is 0 Å². The summed E-state index contributed by atoms with van der Waals surface area (Å²) in [7, 11) is 0. The Morgan fingerprint density at radius 3 is 2.75 bits per heavy atom. The van der Waals surface area contributed by atoms with E-state index >= 15 is 0 Å². The molecule has 0 aliphatic carbocycles. The van der Waals surface area contributed by atoms with Gasteiger partial charge in [-0.3, -0.25) is 0 Å². The van der Waals surface area contributed by atoms with Crippen molar-refractivity contribution in [1.29, 1.82) is 0 Å². The first-order valence-electron chi connectivity index (χ1n) is 2.80. The van der Waals surface area contributed by atoms with Crippen molar-refractivity contribution in [3.05, 3.63) is 35.9 Å². The zero-order valence-electron chi connectivity index (χ0n) is 4.94. The van der Waals surface area contributed by atoms with Crippen molar-refractivity contribution in [2.24, 2.45) is 0 Å². The van der Waals surface area contributed by atoms with Gasteiger partial charge in [0.25, 0.3) is 0 Å². The number of hydrogen-bond acceptors (Lipinski definition) is 0. The van der Waals surface area contributed by atoms with Crippen LogP contribution < -0.4 is 0 Å². The molecule has 0 saturated heterocycles. The van der Waals surface area contributed by atoms with E-state index < -0.39 is 0 Å². The fraction of sp³-hybridized carbons (Fsp3) is 0.250. The largest absolute Gasteiger partial charge is 0.0613 e. The Morgan fingerprint density at radius 1 is 1.50 bits per heavy atom. The predicted molar refractivity (Wildman–Crippen MR) is 33.5 cm³/mol. The van der Waals surface area contributed by atoms with Crippen LogP contribution in [0.4, 0.5) is 0 Å². The Bertz CT molecular complexity index is 141. The lowest BCUT2D eigenvalue weighted by atomic mass is 10.2. The van der Waals surface area contributed by atoms with E-state index in [9.17, 15) is 0 Å². The maximum atomic E-state index is 2.89. The summed E-state index contributed by atoms with van der Waals surface area (Å²) in [5.41, 5.74) is 1.32. The molecule has 1 aromatic carbocycles. The van der Waals surface area contributed by atoms with E-state index in [1.807, 2.05) is 12.1 Å². The second-order valence-corrected chi connectivity index (χ2v) is 1.69.